The van der Waals surface area contributed by atoms with Crippen molar-refractivity contribution in [1.29, 1.82) is 0 Å². The minimum absolute atomic E-state index is 0.0990. The second-order valence-corrected chi connectivity index (χ2v) is 13.5. The average molecular weight is 608 g/mol. The SMILES string of the molecule is C[C@]12C=CC(=[OH+])C=C1[C@@H](F)C[C@H]1[C@@H]3C[C@H]4O[C@@H](c5ccc(Cc6ccc(N)nc6)cc5)O[C@@]4(C(=O)CO)[C@@]3(C)C[C@H](O)[C@@]12F. The molecular formula is C34H37F2N2O6+. The largest absolute Gasteiger partial charge is 0.390 e. The van der Waals surface area contributed by atoms with Gasteiger partial charge in [0.05, 0.1) is 12.2 Å². The number of benzene rings is 1. The third kappa shape index (κ3) is 3.77. The van der Waals surface area contributed by atoms with Crippen molar-refractivity contribution in [3.05, 3.63) is 83.1 Å². The summed E-state index contributed by atoms with van der Waals surface area (Å²) >= 11 is 0. The van der Waals surface area contributed by atoms with Crippen molar-refractivity contribution in [2.75, 3.05) is 12.3 Å². The van der Waals surface area contributed by atoms with Gasteiger partial charge in [0, 0.05) is 40.7 Å². The highest BCUT2D eigenvalue weighted by Gasteiger charge is 2.80. The minimum Gasteiger partial charge on any atom is -0.390 e. The van der Waals surface area contributed by atoms with E-state index in [2.05, 4.69) is 4.98 Å². The maximum atomic E-state index is 17.6. The number of fused-ring (bicyclic) bond motifs is 7. The van der Waals surface area contributed by atoms with Gasteiger partial charge in [-0.25, -0.2) is 13.8 Å². The number of hydrogen-bond donors (Lipinski definition) is 3. The van der Waals surface area contributed by atoms with Crippen LogP contribution in [0, 0.1) is 22.7 Å². The van der Waals surface area contributed by atoms with Crippen LogP contribution < -0.4 is 5.73 Å². The summed E-state index contributed by atoms with van der Waals surface area (Å²) in [4.78, 5) is 27.9. The van der Waals surface area contributed by atoms with Gasteiger partial charge in [-0.1, -0.05) is 43.3 Å². The van der Waals surface area contributed by atoms with Crippen LogP contribution in [0.5, 0.6) is 0 Å². The Bertz CT molecular complexity index is 1580. The molecule has 5 aliphatic rings. The molecule has 4 aliphatic carbocycles. The first kappa shape index (κ1) is 29.4. The summed E-state index contributed by atoms with van der Waals surface area (Å²) in [5, 5.41) is 21.8. The lowest BCUT2D eigenvalue weighted by Crippen LogP contribution is -2.70. The molecule has 1 aromatic heterocycles. The lowest BCUT2D eigenvalue weighted by atomic mass is 9.44. The van der Waals surface area contributed by atoms with Gasteiger partial charge < -0.3 is 25.4 Å². The van der Waals surface area contributed by atoms with Crippen molar-refractivity contribution in [1.82, 2.24) is 4.98 Å². The van der Waals surface area contributed by atoms with Crippen molar-refractivity contribution < 1.29 is 38.1 Å². The summed E-state index contributed by atoms with van der Waals surface area (Å²) in [6.45, 7) is 2.52. The number of allylic oxidation sites excluding steroid dienone is 4. The number of hydrogen-bond acceptors (Lipinski definition) is 7. The zero-order valence-corrected chi connectivity index (χ0v) is 24.6. The number of carbonyl (C=O) groups excluding carboxylic acids is 2. The Morgan fingerprint density at radius 3 is 2.55 bits per heavy atom. The first-order valence-electron chi connectivity index (χ1n) is 15.1. The van der Waals surface area contributed by atoms with E-state index in [1.54, 1.807) is 26.1 Å². The zero-order chi connectivity index (χ0) is 31.2. The first-order valence-corrected chi connectivity index (χ1v) is 15.1. The van der Waals surface area contributed by atoms with Crippen LogP contribution >= 0.6 is 0 Å². The standard InChI is InChI=1S/C34H36F2N2O6/c1-31-10-9-21(40)12-24(31)25(35)13-23-22-14-28-34(27(42)17-39,32(22,2)15-26(41)33(23,31)36)44-30(43-28)20-6-3-18(4-7-20)11-19-5-8-29(37)38-16-19/h3-10,12,16,22-23,25-26,28,30,39,41H,11,13-15,17H2,1-2H3,(H2,37,38)/p+1/t22-,23-,25-,26-,28+,30+,31-,32-,33-,34+/m0/s1. The van der Waals surface area contributed by atoms with Crippen LogP contribution in [0.15, 0.2) is 66.4 Å². The van der Waals surface area contributed by atoms with E-state index in [0.717, 1.165) is 11.1 Å². The average Bonchev–Trinajstić information content (AvgIpc) is 3.50. The molecule has 7 rings (SSSR count). The van der Waals surface area contributed by atoms with Gasteiger partial charge in [0.15, 0.2) is 23.3 Å². The van der Waals surface area contributed by atoms with Crippen LogP contribution in [0.3, 0.4) is 0 Å². The highest BCUT2D eigenvalue weighted by molar-refractivity contribution is 6.02. The number of nitrogens with two attached hydrogens (primary N) is 1. The molecule has 1 aliphatic heterocycles. The first-order chi connectivity index (χ1) is 20.9. The van der Waals surface area contributed by atoms with E-state index < -0.39 is 71.0 Å². The summed E-state index contributed by atoms with van der Waals surface area (Å²) in [5.74, 6) is -1.87. The molecule has 44 heavy (non-hydrogen) atoms. The molecule has 0 radical (unpaired) electrons. The molecule has 10 atom stereocenters. The maximum absolute atomic E-state index is 17.6. The van der Waals surface area contributed by atoms with E-state index in [1.165, 1.54) is 18.2 Å². The maximum Gasteiger partial charge on any atom is 0.339 e. The number of aliphatic hydroxyl groups excluding tert-OH is 2. The third-order valence-corrected chi connectivity index (χ3v) is 11.4. The van der Waals surface area contributed by atoms with E-state index in [-0.39, 0.29) is 30.6 Å². The van der Waals surface area contributed by atoms with Crippen molar-refractivity contribution >= 4 is 17.4 Å². The van der Waals surface area contributed by atoms with Gasteiger partial charge in [-0.15, -0.1) is 0 Å². The van der Waals surface area contributed by atoms with E-state index in [1.807, 2.05) is 30.3 Å². The lowest BCUT2D eigenvalue weighted by molar-refractivity contribution is -0.235. The van der Waals surface area contributed by atoms with E-state index >= 15 is 8.78 Å². The molecule has 5 N–H and O–H groups in total. The molecule has 3 saturated carbocycles. The monoisotopic (exact) mass is 607 g/mol. The Morgan fingerprint density at radius 1 is 1.14 bits per heavy atom. The molecule has 2 aromatic rings. The van der Waals surface area contributed by atoms with Crippen LogP contribution in [-0.2, 0) is 20.7 Å². The Morgan fingerprint density at radius 2 is 1.86 bits per heavy atom. The Kier molecular flexibility index (Phi) is 6.58. The number of ketones is 2. The number of nitrogen functional groups attached to an aromatic ring is 1. The summed E-state index contributed by atoms with van der Waals surface area (Å²) in [7, 11) is 0. The molecule has 1 aromatic carbocycles. The van der Waals surface area contributed by atoms with Crippen molar-refractivity contribution in [3.8, 4) is 0 Å². The lowest BCUT2D eigenvalue weighted by Gasteiger charge is -2.63. The number of anilines is 1. The number of pyridine rings is 1. The van der Waals surface area contributed by atoms with Gasteiger partial charge in [-0.3, -0.25) is 9.59 Å². The smallest absolute Gasteiger partial charge is 0.339 e. The summed E-state index contributed by atoms with van der Waals surface area (Å²) in [6.07, 6.45) is 1.34. The molecule has 0 spiro atoms. The highest BCUT2D eigenvalue weighted by atomic mass is 19.1. The number of nitrogens with zero attached hydrogens (tertiary/aromatic N) is 1. The van der Waals surface area contributed by atoms with E-state index in [4.69, 9.17) is 15.2 Å². The van der Waals surface area contributed by atoms with Crippen LogP contribution in [0.25, 0.3) is 0 Å². The Hall–Kier alpha value is -3.31. The number of halogens is 2. The molecule has 0 unspecified atom stereocenters. The minimum atomic E-state index is -2.26. The fourth-order valence-electron chi connectivity index (χ4n) is 9.29. The van der Waals surface area contributed by atoms with Gasteiger partial charge in [-0.05, 0) is 61.3 Å². The second-order valence-electron chi connectivity index (χ2n) is 13.5. The van der Waals surface area contributed by atoms with Crippen LogP contribution in [0.2, 0.25) is 0 Å². The Labute approximate surface area is 254 Å². The number of rotatable bonds is 5. The quantitative estimate of drug-likeness (QED) is 0.439. The molecular weight excluding hydrogens is 570 g/mol. The predicted molar refractivity (Wildman–Crippen MR) is 157 cm³/mol. The molecule has 1 saturated heterocycles. The molecule has 2 heterocycles. The fourth-order valence-corrected chi connectivity index (χ4v) is 9.29. The number of aliphatic hydroxyl groups is 2. The zero-order valence-electron chi connectivity index (χ0n) is 24.6. The van der Waals surface area contributed by atoms with Crippen LogP contribution in [0.4, 0.5) is 14.6 Å². The number of aromatic nitrogens is 1. The third-order valence-electron chi connectivity index (χ3n) is 11.4. The summed E-state index contributed by atoms with van der Waals surface area (Å²) < 4.78 is 46.3. The van der Waals surface area contributed by atoms with E-state index in [0.29, 0.717) is 17.8 Å². The topological polar surface area (TPSA) is 136 Å². The van der Waals surface area contributed by atoms with Crippen molar-refractivity contribution in [2.45, 2.75) is 75.5 Å². The van der Waals surface area contributed by atoms with Gasteiger partial charge >= 0.3 is 5.78 Å². The fraction of sp³-hybridized carbons (Fsp3) is 0.500. The second kappa shape index (κ2) is 9.84. The van der Waals surface area contributed by atoms with Gasteiger partial charge in [0.2, 0.25) is 0 Å². The van der Waals surface area contributed by atoms with Gasteiger partial charge in [0.1, 0.15) is 18.6 Å². The summed E-state index contributed by atoms with van der Waals surface area (Å²) in [6, 6.07) is 11.2. The van der Waals surface area contributed by atoms with E-state index in [9.17, 15) is 19.8 Å². The number of Topliss-reactive ketones (excluding diaryl/α,β-unsaturated/α-hetero) is 1. The van der Waals surface area contributed by atoms with Crippen molar-refractivity contribution in [2.24, 2.45) is 22.7 Å². The molecule has 0 amide bonds. The normalized spacial score (nSPS) is 42.2. The molecule has 0 bridgehead atoms. The predicted octanol–water partition coefficient (Wildman–Crippen LogP) is 3.87. The molecule has 232 valence electrons. The summed E-state index contributed by atoms with van der Waals surface area (Å²) in [5.41, 5.74) is 1.89. The van der Waals surface area contributed by atoms with Gasteiger partial charge in [-0.2, -0.15) is 0 Å². The number of alkyl halides is 2. The molecule has 4 fully saturated rings. The molecule has 10 heteroatoms. The van der Waals surface area contributed by atoms with Crippen LogP contribution in [0.1, 0.15) is 56.1 Å². The highest BCUT2D eigenvalue weighted by Crippen LogP contribution is 2.72. The number of carbonyl (C=O) groups is 1. The van der Waals surface area contributed by atoms with Crippen LogP contribution in [-0.4, -0.2) is 67.8 Å². The van der Waals surface area contributed by atoms with Crippen molar-refractivity contribution in [3.63, 3.8) is 0 Å². The van der Waals surface area contributed by atoms with Gasteiger partial charge in [0.25, 0.3) is 0 Å². The molecule has 8 nitrogen and oxygen atoms in total. The number of ether oxygens (including phenoxy) is 2. The Balaban J connectivity index is 1.21.